The van der Waals surface area contributed by atoms with Crippen molar-refractivity contribution in [1.82, 2.24) is 0 Å². The van der Waals surface area contributed by atoms with Crippen molar-refractivity contribution in [2.75, 3.05) is 17.7 Å². The van der Waals surface area contributed by atoms with Gasteiger partial charge in [0.2, 0.25) is 5.91 Å². The summed E-state index contributed by atoms with van der Waals surface area (Å²) in [5.41, 5.74) is 1.64. The topological polar surface area (TPSA) is 67.4 Å². The minimum absolute atomic E-state index is 0.172. The molecule has 2 amide bonds. The Morgan fingerprint density at radius 1 is 1.00 bits per heavy atom. The maximum Gasteiger partial charge on any atom is 0.255 e. The first-order chi connectivity index (χ1) is 15.4. The molecule has 3 aromatic carbocycles. The SMILES string of the molecule is CCC(Sc1cccc(NC(=O)c2ccc(OC)cc2)c1)C(=O)Nc1cccc(Cl)c1Cl. The number of hydrogen-bond donors (Lipinski definition) is 2. The van der Waals surface area contributed by atoms with Crippen molar-refractivity contribution in [1.29, 1.82) is 0 Å². The van der Waals surface area contributed by atoms with Crippen molar-refractivity contribution in [2.24, 2.45) is 0 Å². The van der Waals surface area contributed by atoms with Crippen LogP contribution in [0.3, 0.4) is 0 Å². The monoisotopic (exact) mass is 488 g/mol. The van der Waals surface area contributed by atoms with Gasteiger partial charge in [-0.15, -0.1) is 11.8 Å². The summed E-state index contributed by atoms with van der Waals surface area (Å²) >= 11 is 13.6. The van der Waals surface area contributed by atoms with E-state index >= 15 is 0 Å². The number of benzene rings is 3. The molecule has 1 atom stereocenters. The first-order valence-electron chi connectivity index (χ1n) is 9.88. The molecule has 3 aromatic rings. The van der Waals surface area contributed by atoms with Gasteiger partial charge >= 0.3 is 0 Å². The molecule has 0 saturated heterocycles. The van der Waals surface area contributed by atoms with Crippen molar-refractivity contribution in [3.8, 4) is 5.75 Å². The van der Waals surface area contributed by atoms with Crippen LogP contribution < -0.4 is 15.4 Å². The molecule has 0 fully saturated rings. The Balaban J connectivity index is 1.67. The molecule has 0 saturated carbocycles. The van der Waals surface area contributed by atoms with Crippen LogP contribution >= 0.6 is 35.0 Å². The normalized spacial score (nSPS) is 11.5. The Hall–Kier alpha value is -2.67. The molecule has 0 heterocycles. The summed E-state index contributed by atoms with van der Waals surface area (Å²) in [6, 6.07) is 19.3. The first kappa shape index (κ1) is 24.0. The molecule has 5 nitrogen and oxygen atoms in total. The molecule has 0 aromatic heterocycles. The van der Waals surface area contributed by atoms with Gasteiger partial charge in [-0.05, 0) is 61.0 Å². The highest BCUT2D eigenvalue weighted by Crippen LogP contribution is 2.32. The van der Waals surface area contributed by atoms with Gasteiger partial charge in [-0.1, -0.05) is 42.3 Å². The fourth-order valence-electron chi connectivity index (χ4n) is 2.89. The molecule has 32 heavy (non-hydrogen) atoms. The van der Waals surface area contributed by atoms with E-state index in [1.54, 1.807) is 55.6 Å². The molecule has 0 aliphatic heterocycles. The lowest BCUT2D eigenvalue weighted by molar-refractivity contribution is -0.115. The molecule has 1 unspecified atom stereocenters. The molecular formula is C24H22Cl2N2O3S. The summed E-state index contributed by atoms with van der Waals surface area (Å²) in [5.74, 6) is 0.285. The molecule has 0 aliphatic carbocycles. The summed E-state index contributed by atoms with van der Waals surface area (Å²) < 4.78 is 5.12. The minimum atomic E-state index is -0.349. The van der Waals surface area contributed by atoms with Crippen LogP contribution in [0.4, 0.5) is 11.4 Å². The third-order valence-electron chi connectivity index (χ3n) is 4.60. The van der Waals surface area contributed by atoms with Crippen LogP contribution in [-0.4, -0.2) is 24.2 Å². The van der Waals surface area contributed by atoms with Crippen LogP contribution in [0, 0.1) is 0 Å². The lowest BCUT2D eigenvalue weighted by Gasteiger charge is -2.16. The number of carbonyl (C=O) groups excluding carboxylic acids is 2. The minimum Gasteiger partial charge on any atom is -0.497 e. The second-order valence-electron chi connectivity index (χ2n) is 6.82. The van der Waals surface area contributed by atoms with Gasteiger partial charge in [0.25, 0.3) is 5.91 Å². The van der Waals surface area contributed by atoms with Crippen molar-refractivity contribution in [3.63, 3.8) is 0 Å². The Morgan fingerprint density at radius 2 is 1.72 bits per heavy atom. The summed E-state index contributed by atoms with van der Waals surface area (Å²) in [5, 5.41) is 6.07. The van der Waals surface area contributed by atoms with Crippen molar-refractivity contribution in [3.05, 3.63) is 82.3 Å². The summed E-state index contributed by atoms with van der Waals surface area (Å²) in [4.78, 5) is 26.2. The summed E-state index contributed by atoms with van der Waals surface area (Å²) in [6.45, 7) is 1.94. The predicted octanol–water partition coefficient (Wildman–Crippen LogP) is 6.76. The fourth-order valence-corrected chi connectivity index (χ4v) is 4.25. The molecule has 166 valence electrons. The Labute approximate surface area is 201 Å². The lowest BCUT2D eigenvalue weighted by Crippen LogP contribution is -2.24. The second kappa shape index (κ2) is 11.3. The van der Waals surface area contributed by atoms with Crippen LogP contribution in [-0.2, 0) is 4.79 Å². The lowest BCUT2D eigenvalue weighted by atomic mass is 10.2. The zero-order valence-corrected chi connectivity index (χ0v) is 19.9. The molecule has 3 rings (SSSR count). The van der Waals surface area contributed by atoms with Crippen LogP contribution in [0.15, 0.2) is 71.6 Å². The number of hydrogen-bond acceptors (Lipinski definition) is 4. The number of rotatable bonds is 8. The van der Waals surface area contributed by atoms with E-state index in [1.165, 1.54) is 11.8 Å². The van der Waals surface area contributed by atoms with Crippen LogP contribution in [0.25, 0.3) is 0 Å². The van der Waals surface area contributed by atoms with E-state index in [0.29, 0.717) is 39.2 Å². The maximum atomic E-state index is 12.8. The zero-order valence-electron chi connectivity index (χ0n) is 17.5. The first-order valence-corrected chi connectivity index (χ1v) is 11.5. The number of ether oxygens (including phenoxy) is 1. The molecule has 2 N–H and O–H groups in total. The van der Waals surface area contributed by atoms with E-state index in [2.05, 4.69) is 10.6 Å². The number of halogens is 2. The van der Waals surface area contributed by atoms with Gasteiger partial charge in [0.1, 0.15) is 5.75 Å². The van der Waals surface area contributed by atoms with Gasteiger partial charge in [-0.25, -0.2) is 0 Å². The summed E-state index contributed by atoms with van der Waals surface area (Å²) in [6.07, 6.45) is 0.608. The third kappa shape index (κ3) is 6.19. The number of nitrogens with one attached hydrogen (secondary N) is 2. The Kier molecular flexibility index (Phi) is 8.45. The van der Waals surface area contributed by atoms with E-state index in [0.717, 1.165) is 4.90 Å². The summed E-state index contributed by atoms with van der Waals surface area (Å²) in [7, 11) is 1.58. The fraction of sp³-hybridized carbons (Fsp3) is 0.167. The molecular weight excluding hydrogens is 467 g/mol. The average Bonchev–Trinajstić information content (AvgIpc) is 2.80. The molecule has 0 radical (unpaired) electrons. The molecule has 0 aliphatic rings. The Morgan fingerprint density at radius 3 is 2.41 bits per heavy atom. The largest absolute Gasteiger partial charge is 0.497 e. The highest BCUT2D eigenvalue weighted by atomic mass is 35.5. The highest BCUT2D eigenvalue weighted by Gasteiger charge is 2.20. The predicted molar refractivity (Wildman–Crippen MR) is 132 cm³/mol. The van der Waals surface area contributed by atoms with Gasteiger partial charge in [0.05, 0.1) is 28.1 Å². The molecule has 8 heteroatoms. The van der Waals surface area contributed by atoms with Gasteiger partial charge < -0.3 is 15.4 Å². The van der Waals surface area contributed by atoms with Crippen molar-refractivity contribution in [2.45, 2.75) is 23.5 Å². The van der Waals surface area contributed by atoms with E-state index in [4.69, 9.17) is 27.9 Å². The van der Waals surface area contributed by atoms with Gasteiger partial charge in [0, 0.05) is 16.1 Å². The quantitative estimate of drug-likeness (QED) is 0.343. The molecule has 0 bridgehead atoms. The highest BCUT2D eigenvalue weighted by molar-refractivity contribution is 8.00. The number of carbonyl (C=O) groups is 2. The van der Waals surface area contributed by atoms with Crippen molar-refractivity contribution < 1.29 is 14.3 Å². The average molecular weight is 489 g/mol. The molecule has 0 spiro atoms. The standard InChI is InChI=1S/C24H22Cl2N2O3S/c1-3-21(24(30)28-20-9-5-8-19(25)22(20)26)32-18-7-4-6-16(14-18)27-23(29)15-10-12-17(31-2)13-11-15/h4-14,21H,3H2,1-2H3,(H,27,29)(H,28,30). The van der Waals surface area contributed by atoms with Crippen LogP contribution in [0.5, 0.6) is 5.75 Å². The van der Waals surface area contributed by atoms with Gasteiger partial charge in [-0.3, -0.25) is 9.59 Å². The van der Waals surface area contributed by atoms with E-state index < -0.39 is 0 Å². The number of amides is 2. The number of methoxy groups -OCH3 is 1. The van der Waals surface area contributed by atoms with Crippen LogP contribution in [0.1, 0.15) is 23.7 Å². The van der Waals surface area contributed by atoms with E-state index in [9.17, 15) is 9.59 Å². The van der Waals surface area contributed by atoms with Gasteiger partial charge in [0.15, 0.2) is 0 Å². The maximum absolute atomic E-state index is 12.8. The Bertz CT molecular complexity index is 1110. The zero-order chi connectivity index (χ0) is 23.1. The van der Waals surface area contributed by atoms with E-state index in [1.807, 2.05) is 25.1 Å². The smallest absolute Gasteiger partial charge is 0.255 e. The van der Waals surface area contributed by atoms with Crippen LogP contribution in [0.2, 0.25) is 10.0 Å². The van der Waals surface area contributed by atoms with E-state index in [-0.39, 0.29) is 17.1 Å². The van der Waals surface area contributed by atoms with Gasteiger partial charge in [-0.2, -0.15) is 0 Å². The second-order valence-corrected chi connectivity index (χ2v) is 8.88. The van der Waals surface area contributed by atoms with Crippen molar-refractivity contribution >= 4 is 58.2 Å². The number of anilines is 2. The number of thioether (sulfide) groups is 1. The third-order valence-corrected chi connectivity index (χ3v) is 6.77.